The lowest BCUT2D eigenvalue weighted by Gasteiger charge is -2.60. The van der Waals surface area contributed by atoms with Crippen LogP contribution >= 0.6 is 11.6 Å². The largest absolute Gasteiger partial charge is 0.463 e. The molecule has 0 bridgehead atoms. The molecule has 0 aromatic heterocycles. The van der Waals surface area contributed by atoms with Gasteiger partial charge in [-0.2, -0.15) is 0 Å². The van der Waals surface area contributed by atoms with Gasteiger partial charge in [0, 0.05) is 12.5 Å². The lowest BCUT2D eigenvalue weighted by Crippen LogP contribution is -2.59. The predicted octanol–water partition coefficient (Wildman–Crippen LogP) is 5.08. The lowest BCUT2D eigenvalue weighted by atomic mass is 9.46. The molecular formula is C26H37ClO4. The van der Waals surface area contributed by atoms with Gasteiger partial charge in [0.05, 0.1) is 18.1 Å². The molecule has 4 nitrogen and oxygen atoms in total. The molecule has 9 atom stereocenters. The maximum atomic E-state index is 12.1. The monoisotopic (exact) mass is 448 g/mol. The molecule has 5 heteroatoms. The number of hydrogen-bond donors (Lipinski definition) is 1. The van der Waals surface area contributed by atoms with Crippen molar-refractivity contribution in [2.75, 3.05) is 6.61 Å². The molecule has 0 heterocycles. The van der Waals surface area contributed by atoms with E-state index in [0.717, 1.165) is 37.7 Å². The van der Waals surface area contributed by atoms with E-state index in [1.807, 2.05) is 13.0 Å². The second-order valence-electron chi connectivity index (χ2n) is 10.9. The van der Waals surface area contributed by atoms with E-state index in [1.54, 1.807) is 12.2 Å². The van der Waals surface area contributed by atoms with Gasteiger partial charge in [0.25, 0.3) is 0 Å². The van der Waals surface area contributed by atoms with Gasteiger partial charge in [-0.1, -0.05) is 26.8 Å². The van der Waals surface area contributed by atoms with Crippen molar-refractivity contribution in [3.05, 3.63) is 23.8 Å². The van der Waals surface area contributed by atoms with Gasteiger partial charge in [0.15, 0.2) is 5.78 Å². The molecule has 31 heavy (non-hydrogen) atoms. The van der Waals surface area contributed by atoms with Gasteiger partial charge in [-0.15, -0.1) is 11.6 Å². The Morgan fingerprint density at radius 2 is 2.03 bits per heavy atom. The number of hydrogen-bond acceptors (Lipinski definition) is 4. The molecule has 0 saturated heterocycles. The number of alkyl halides is 1. The second-order valence-corrected chi connectivity index (χ2v) is 11.4. The zero-order valence-electron chi connectivity index (χ0n) is 19.3. The van der Waals surface area contributed by atoms with Gasteiger partial charge in [0.2, 0.25) is 0 Å². The van der Waals surface area contributed by atoms with Gasteiger partial charge in [-0.25, -0.2) is 4.79 Å². The summed E-state index contributed by atoms with van der Waals surface area (Å²) in [4.78, 5) is 23.9. The number of rotatable bonds is 4. The Morgan fingerprint density at radius 3 is 2.74 bits per heavy atom. The minimum Gasteiger partial charge on any atom is -0.463 e. The van der Waals surface area contributed by atoms with Crippen molar-refractivity contribution in [3.63, 3.8) is 0 Å². The number of fused-ring (bicyclic) bond motifs is 5. The van der Waals surface area contributed by atoms with Gasteiger partial charge in [0.1, 0.15) is 0 Å². The van der Waals surface area contributed by atoms with E-state index in [1.165, 1.54) is 0 Å². The summed E-state index contributed by atoms with van der Waals surface area (Å²) in [5, 5.41) is 10.8. The van der Waals surface area contributed by atoms with E-state index >= 15 is 0 Å². The van der Waals surface area contributed by atoms with E-state index in [0.29, 0.717) is 30.8 Å². The first-order chi connectivity index (χ1) is 14.6. The van der Waals surface area contributed by atoms with Crippen LogP contribution in [0.2, 0.25) is 0 Å². The van der Waals surface area contributed by atoms with Gasteiger partial charge in [-0.3, -0.25) is 4.79 Å². The fraction of sp³-hybridized carbons (Fsp3) is 0.769. The standard InChI is InChI=1S/C26H37ClO4/c1-5-31-21(29)9-6-15(2)17-7-8-18-22-19(11-13-25(17,18)3)26(4)12-10-16(28)14-20(26)24(30)23(22)27/h6,9,14-15,17-19,22-24,30H,5,7-8,10-13H2,1-4H3/b9-6+/t15-,17?,18?,19?,22?,23+,24+,25-,26-/m1/s1. The molecule has 4 rings (SSSR count). The van der Waals surface area contributed by atoms with Crippen LogP contribution in [0, 0.1) is 40.4 Å². The number of ketones is 1. The third-order valence-corrected chi connectivity index (χ3v) is 10.1. The molecule has 3 saturated carbocycles. The Morgan fingerprint density at radius 1 is 1.29 bits per heavy atom. The number of carbonyl (C=O) groups is 2. The van der Waals surface area contributed by atoms with Crippen LogP contribution in [0.5, 0.6) is 0 Å². The molecule has 0 spiro atoms. The minimum atomic E-state index is -0.736. The zero-order valence-corrected chi connectivity index (χ0v) is 20.0. The summed E-state index contributed by atoms with van der Waals surface area (Å²) in [6, 6.07) is 0. The topological polar surface area (TPSA) is 63.6 Å². The summed E-state index contributed by atoms with van der Waals surface area (Å²) in [6.07, 6.45) is 10.4. The van der Waals surface area contributed by atoms with Crippen molar-refractivity contribution in [3.8, 4) is 0 Å². The minimum absolute atomic E-state index is 0.123. The molecule has 0 aromatic rings. The van der Waals surface area contributed by atoms with Crippen LogP contribution in [0.1, 0.15) is 66.2 Å². The average Bonchev–Trinajstić information content (AvgIpc) is 3.08. The van der Waals surface area contributed by atoms with E-state index in [4.69, 9.17) is 16.3 Å². The van der Waals surface area contributed by atoms with Crippen LogP contribution in [-0.4, -0.2) is 34.9 Å². The number of aliphatic hydroxyl groups excluding tert-OH is 1. The molecule has 0 amide bonds. The molecule has 0 aromatic carbocycles. The zero-order chi connectivity index (χ0) is 22.6. The first kappa shape index (κ1) is 23.0. The number of carbonyl (C=O) groups excluding carboxylic acids is 2. The average molecular weight is 449 g/mol. The first-order valence-corrected chi connectivity index (χ1v) is 12.5. The van der Waals surface area contributed by atoms with Crippen molar-refractivity contribution in [2.45, 2.75) is 77.7 Å². The number of halogens is 1. The summed E-state index contributed by atoms with van der Waals surface area (Å²) >= 11 is 6.99. The summed E-state index contributed by atoms with van der Waals surface area (Å²) in [5.74, 6) is 1.77. The third kappa shape index (κ3) is 3.62. The van der Waals surface area contributed by atoms with Gasteiger partial charge < -0.3 is 9.84 Å². The fourth-order valence-corrected chi connectivity index (χ4v) is 8.47. The Kier molecular flexibility index (Phi) is 6.20. The van der Waals surface area contributed by atoms with Crippen LogP contribution in [0.3, 0.4) is 0 Å². The van der Waals surface area contributed by atoms with E-state index in [-0.39, 0.29) is 39.8 Å². The molecule has 4 unspecified atom stereocenters. The van der Waals surface area contributed by atoms with Crippen LogP contribution in [0.4, 0.5) is 0 Å². The molecule has 4 aliphatic rings. The van der Waals surface area contributed by atoms with Crippen molar-refractivity contribution >= 4 is 23.4 Å². The van der Waals surface area contributed by atoms with Crippen molar-refractivity contribution in [2.24, 2.45) is 40.4 Å². The summed E-state index contributed by atoms with van der Waals surface area (Å²) in [5.41, 5.74) is 0.904. The highest BCUT2D eigenvalue weighted by Gasteiger charge is 2.63. The number of aliphatic hydroxyl groups is 1. The molecule has 172 valence electrons. The number of ether oxygens (including phenoxy) is 1. The van der Waals surface area contributed by atoms with Gasteiger partial charge in [-0.05, 0) is 91.1 Å². The highest BCUT2D eigenvalue weighted by molar-refractivity contribution is 6.21. The molecule has 0 radical (unpaired) electrons. The molecule has 0 aliphatic heterocycles. The SMILES string of the molecule is CCOC(=O)/C=C/[C@@H](C)C1CCC2C3C(CC[C@@]21C)[C@@]1(C)CCC(=O)C=C1[C@H](O)[C@H]3Cl. The Labute approximate surface area is 191 Å². The third-order valence-electron chi connectivity index (χ3n) is 9.54. The summed E-state index contributed by atoms with van der Waals surface area (Å²) in [6.45, 7) is 9.09. The molecule has 3 fully saturated rings. The Balaban J connectivity index is 1.60. The predicted molar refractivity (Wildman–Crippen MR) is 122 cm³/mol. The van der Waals surface area contributed by atoms with Crippen LogP contribution in [0.25, 0.3) is 0 Å². The Hall–Kier alpha value is -1.13. The van der Waals surface area contributed by atoms with Crippen LogP contribution in [-0.2, 0) is 14.3 Å². The summed E-state index contributed by atoms with van der Waals surface area (Å²) < 4.78 is 5.05. The fourth-order valence-electron chi connectivity index (χ4n) is 7.98. The first-order valence-electron chi connectivity index (χ1n) is 12.1. The second kappa shape index (κ2) is 8.33. The normalized spacial score (nSPS) is 45.5. The summed E-state index contributed by atoms with van der Waals surface area (Å²) in [7, 11) is 0. The highest BCUT2D eigenvalue weighted by Crippen LogP contribution is 2.68. The highest BCUT2D eigenvalue weighted by atomic mass is 35.5. The quantitative estimate of drug-likeness (QED) is 0.370. The van der Waals surface area contributed by atoms with E-state index in [9.17, 15) is 14.7 Å². The Bertz CT molecular complexity index is 803. The molecule has 1 N–H and O–H groups in total. The van der Waals surface area contributed by atoms with E-state index in [2.05, 4.69) is 20.8 Å². The van der Waals surface area contributed by atoms with Crippen molar-refractivity contribution in [1.82, 2.24) is 0 Å². The van der Waals surface area contributed by atoms with Gasteiger partial charge >= 0.3 is 5.97 Å². The van der Waals surface area contributed by atoms with Crippen LogP contribution in [0.15, 0.2) is 23.8 Å². The number of esters is 1. The van der Waals surface area contributed by atoms with Crippen LogP contribution < -0.4 is 0 Å². The smallest absolute Gasteiger partial charge is 0.330 e. The van der Waals surface area contributed by atoms with Crippen molar-refractivity contribution < 1.29 is 19.4 Å². The molecular weight excluding hydrogens is 412 g/mol. The van der Waals surface area contributed by atoms with E-state index < -0.39 is 6.10 Å². The maximum absolute atomic E-state index is 12.1. The maximum Gasteiger partial charge on any atom is 0.330 e. The van der Waals surface area contributed by atoms with Crippen molar-refractivity contribution in [1.29, 1.82) is 0 Å². The number of allylic oxidation sites excluding steroid dienone is 1. The molecule has 4 aliphatic carbocycles. The lowest BCUT2D eigenvalue weighted by molar-refractivity contribution is -0.137.